The van der Waals surface area contributed by atoms with Gasteiger partial charge in [0.25, 0.3) is 5.91 Å². The molecule has 1 aromatic rings. The number of amides is 1. The van der Waals surface area contributed by atoms with Gasteiger partial charge >= 0.3 is 0 Å². The number of carbonyl (C=O) groups is 1. The Morgan fingerprint density at radius 3 is 3.05 bits per heavy atom. The Kier molecular flexibility index (Phi) is 5.10. The Hall–Kier alpha value is -1.90. The quantitative estimate of drug-likeness (QED) is 0.797. The summed E-state index contributed by atoms with van der Waals surface area (Å²) in [6, 6.07) is 3.41. The summed E-state index contributed by atoms with van der Waals surface area (Å²) in [5.41, 5.74) is 1.03. The van der Waals surface area contributed by atoms with Crippen molar-refractivity contribution in [1.29, 1.82) is 0 Å². The van der Waals surface area contributed by atoms with Crippen LogP contribution in [-0.2, 0) is 4.74 Å². The van der Waals surface area contributed by atoms with Crippen LogP contribution >= 0.6 is 0 Å². The van der Waals surface area contributed by atoms with E-state index < -0.39 is 0 Å². The molecule has 106 valence electrons. The third kappa shape index (κ3) is 3.56. The molecule has 1 aliphatic carbocycles. The van der Waals surface area contributed by atoms with E-state index in [2.05, 4.69) is 22.1 Å². The van der Waals surface area contributed by atoms with Crippen LogP contribution in [0.4, 0.5) is 0 Å². The minimum absolute atomic E-state index is 0.0585. The van der Waals surface area contributed by atoms with Crippen molar-refractivity contribution in [2.45, 2.75) is 31.4 Å². The van der Waals surface area contributed by atoms with E-state index >= 15 is 0 Å². The summed E-state index contributed by atoms with van der Waals surface area (Å²) < 4.78 is 5.35. The molecule has 5 heteroatoms. The third-order valence-corrected chi connectivity index (χ3v) is 3.38. The Morgan fingerprint density at radius 2 is 2.40 bits per heavy atom. The number of rotatable bonds is 3. The number of aliphatic hydroxyl groups excluding tert-OH is 1. The number of ether oxygens (including phenoxy) is 1. The number of pyridine rings is 1. The van der Waals surface area contributed by atoms with Gasteiger partial charge in [-0.1, -0.05) is 11.8 Å². The molecule has 0 spiro atoms. The summed E-state index contributed by atoms with van der Waals surface area (Å²) in [7, 11) is 1.67. The first-order valence-electron chi connectivity index (χ1n) is 6.64. The second kappa shape index (κ2) is 7.04. The van der Waals surface area contributed by atoms with Crippen molar-refractivity contribution in [3.63, 3.8) is 0 Å². The van der Waals surface area contributed by atoms with Crippen molar-refractivity contribution in [2.75, 3.05) is 13.7 Å². The summed E-state index contributed by atoms with van der Waals surface area (Å²) >= 11 is 0. The highest BCUT2D eigenvalue weighted by molar-refractivity contribution is 5.92. The van der Waals surface area contributed by atoms with Crippen LogP contribution in [0.2, 0.25) is 0 Å². The summed E-state index contributed by atoms with van der Waals surface area (Å²) in [4.78, 5) is 16.2. The molecule has 5 nitrogen and oxygen atoms in total. The molecule has 1 heterocycles. The molecule has 2 atom stereocenters. The standard InChI is InChI=1S/C15H18N2O3/c1-20-14-6-2-5-12(14)17-15(19)13-8-7-11(10-16-13)4-3-9-18/h7-8,10,12,14,18H,2,5-6,9H2,1H3,(H,17,19). The normalized spacial score (nSPS) is 21.1. The van der Waals surface area contributed by atoms with Gasteiger partial charge in [0.1, 0.15) is 12.3 Å². The molecular formula is C15H18N2O3. The van der Waals surface area contributed by atoms with Gasteiger partial charge in [-0.15, -0.1) is 0 Å². The first-order valence-corrected chi connectivity index (χ1v) is 6.64. The van der Waals surface area contributed by atoms with Crippen LogP contribution in [0.25, 0.3) is 0 Å². The molecule has 2 N–H and O–H groups in total. The van der Waals surface area contributed by atoms with Crippen LogP contribution in [0.15, 0.2) is 18.3 Å². The number of aromatic nitrogens is 1. The second-order valence-electron chi connectivity index (χ2n) is 4.68. The molecule has 2 rings (SSSR count). The highest BCUT2D eigenvalue weighted by Crippen LogP contribution is 2.21. The molecular weight excluding hydrogens is 256 g/mol. The van der Waals surface area contributed by atoms with E-state index in [1.807, 2.05) is 0 Å². The van der Waals surface area contributed by atoms with Crippen LogP contribution in [0, 0.1) is 11.8 Å². The minimum Gasteiger partial charge on any atom is -0.384 e. The van der Waals surface area contributed by atoms with E-state index in [0.29, 0.717) is 11.3 Å². The van der Waals surface area contributed by atoms with E-state index in [1.54, 1.807) is 19.2 Å². The lowest BCUT2D eigenvalue weighted by Gasteiger charge is -2.19. The van der Waals surface area contributed by atoms with Gasteiger partial charge in [0, 0.05) is 18.9 Å². The number of carbonyl (C=O) groups excluding carboxylic acids is 1. The summed E-state index contributed by atoms with van der Waals surface area (Å²) in [6.07, 6.45) is 4.59. The van der Waals surface area contributed by atoms with Crippen LogP contribution < -0.4 is 5.32 Å². The maximum atomic E-state index is 12.1. The Labute approximate surface area is 118 Å². The number of nitrogens with zero attached hydrogens (tertiary/aromatic N) is 1. The molecule has 1 aromatic heterocycles. The van der Waals surface area contributed by atoms with Gasteiger partial charge in [-0.2, -0.15) is 0 Å². The lowest BCUT2D eigenvalue weighted by Crippen LogP contribution is -2.41. The van der Waals surface area contributed by atoms with Crippen molar-refractivity contribution < 1.29 is 14.6 Å². The largest absolute Gasteiger partial charge is 0.384 e. The first kappa shape index (κ1) is 14.5. The predicted molar refractivity (Wildman–Crippen MR) is 74.1 cm³/mol. The fourth-order valence-corrected chi connectivity index (χ4v) is 2.36. The topological polar surface area (TPSA) is 71.5 Å². The van der Waals surface area contributed by atoms with Crippen LogP contribution in [-0.4, -0.2) is 41.9 Å². The molecule has 1 fully saturated rings. The second-order valence-corrected chi connectivity index (χ2v) is 4.68. The van der Waals surface area contributed by atoms with E-state index in [9.17, 15) is 4.79 Å². The average molecular weight is 274 g/mol. The van der Waals surface area contributed by atoms with Crippen molar-refractivity contribution in [2.24, 2.45) is 0 Å². The molecule has 0 aliphatic heterocycles. The maximum absolute atomic E-state index is 12.1. The van der Waals surface area contributed by atoms with Gasteiger partial charge in [-0.05, 0) is 31.4 Å². The summed E-state index contributed by atoms with van der Waals surface area (Å²) in [6.45, 7) is -0.192. The summed E-state index contributed by atoms with van der Waals surface area (Å²) in [5.74, 6) is 5.08. The maximum Gasteiger partial charge on any atom is 0.270 e. The Balaban J connectivity index is 1.98. The molecule has 1 saturated carbocycles. The van der Waals surface area contributed by atoms with Crippen LogP contribution in [0.1, 0.15) is 35.3 Å². The van der Waals surface area contributed by atoms with E-state index in [0.717, 1.165) is 19.3 Å². The van der Waals surface area contributed by atoms with E-state index in [-0.39, 0.29) is 24.7 Å². The van der Waals surface area contributed by atoms with Crippen molar-refractivity contribution >= 4 is 5.91 Å². The van der Waals surface area contributed by atoms with Crippen LogP contribution in [0.5, 0.6) is 0 Å². The van der Waals surface area contributed by atoms with Crippen molar-refractivity contribution in [3.8, 4) is 11.8 Å². The highest BCUT2D eigenvalue weighted by Gasteiger charge is 2.28. The molecule has 20 heavy (non-hydrogen) atoms. The van der Waals surface area contributed by atoms with Gasteiger partial charge in [0.05, 0.1) is 12.1 Å². The van der Waals surface area contributed by atoms with E-state index in [4.69, 9.17) is 9.84 Å². The van der Waals surface area contributed by atoms with Crippen LogP contribution in [0.3, 0.4) is 0 Å². The van der Waals surface area contributed by atoms with Gasteiger partial charge in [0.2, 0.25) is 0 Å². The molecule has 0 aromatic carbocycles. The number of hydrogen-bond acceptors (Lipinski definition) is 4. The van der Waals surface area contributed by atoms with Gasteiger partial charge in [-0.3, -0.25) is 4.79 Å². The zero-order valence-corrected chi connectivity index (χ0v) is 11.4. The molecule has 1 aliphatic rings. The van der Waals surface area contributed by atoms with Gasteiger partial charge in [0.15, 0.2) is 0 Å². The fourth-order valence-electron chi connectivity index (χ4n) is 2.36. The Morgan fingerprint density at radius 1 is 1.55 bits per heavy atom. The molecule has 1 amide bonds. The lowest BCUT2D eigenvalue weighted by atomic mass is 10.2. The fraction of sp³-hybridized carbons (Fsp3) is 0.467. The smallest absolute Gasteiger partial charge is 0.270 e. The molecule has 0 saturated heterocycles. The van der Waals surface area contributed by atoms with Crippen molar-refractivity contribution in [1.82, 2.24) is 10.3 Å². The monoisotopic (exact) mass is 274 g/mol. The number of aliphatic hydroxyl groups is 1. The molecule has 0 radical (unpaired) electrons. The number of nitrogens with one attached hydrogen (secondary N) is 1. The SMILES string of the molecule is COC1CCCC1NC(=O)c1ccc(C#CCO)cn1. The number of hydrogen-bond donors (Lipinski definition) is 2. The van der Waals surface area contributed by atoms with Crippen molar-refractivity contribution in [3.05, 3.63) is 29.6 Å². The lowest BCUT2D eigenvalue weighted by molar-refractivity contribution is 0.0719. The number of methoxy groups -OCH3 is 1. The van der Waals surface area contributed by atoms with Gasteiger partial charge in [-0.25, -0.2) is 4.98 Å². The first-order chi connectivity index (χ1) is 9.74. The third-order valence-electron chi connectivity index (χ3n) is 3.38. The van der Waals surface area contributed by atoms with E-state index in [1.165, 1.54) is 6.20 Å². The Bertz CT molecular complexity index is 516. The molecule has 2 unspecified atom stereocenters. The zero-order valence-electron chi connectivity index (χ0n) is 11.4. The summed E-state index contributed by atoms with van der Waals surface area (Å²) in [5, 5.41) is 11.6. The van der Waals surface area contributed by atoms with Gasteiger partial charge < -0.3 is 15.2 Å². The predicted octanol–water partition coefficient (Wildman–Crippen LogP) is 0.723. The minimum atomic E-state index is -0.194. The molecule has 0 bridgehead atoms. The zero-order chi connectivity index (χ0) is 14.4. The average Bonchev–Trinajstić information content (AvgIpc) is 2.92. The highest BCUT2D eigenvalue weighted by atomic mass is 16.5.